The monoisotopic (exact) mass is 371 g/mol. The summed E-state index contributed by atoms with van der Waals surface area (Å²) in [5, 5.41) is 5.40. The Hall–Kier alpha value is -3.36. The van der Waals surface area contributed by atoms with E-state index < -0.39 is 6.03 Å². The summed E-state index contributed by atoms with van der Waals surface area (Å²) in [4.78, 5) is 41.1. The Morgan fingerprint density at radius 2 is 2.04 bits per heavy atom. The van der Waals surface area contributed by atoms with Crippen molar-refractivity contribution in [2.24, 2.45) is 0 Å². The van der Waals surface area contributed by atoms with Crippen LogP contribution in [0.1, 0.15) is 11.4 Å². The van der Waals surface area contributed by atoms with Crippen LogP contribution in [-0.4, -0.2) is 41.7 Å². The molecule has 0 atom stereocenters. The van der Waals surface area contributed by atoms with Gasteiger partial charge in [-0.2, -0.15) is 4.98 Å². The van der Waals surface area contributed by atoms with Crippen molar-refractivity contribution < 1.29 is 14.3 Å². The van der Waals surface area contributed by atoms with Crippen LogP contribution in [0.25, 0.3) is 0 Å². The van der Waals surface area contributed by atoms with E-state index in [1.54, 1.807) is 32.2 Å². The molecule has 2 heterocycles. The van der Waals surface area contributed by atoms with Crippen LogP contribution in [0.15, 0.2) is 29.1 Å². The number of carbonyl (C=O) groups is 2. The lowest BCUT2D eigenvalue weighted by atomic mass is 10.2. The topological polar surface area (TPSA) is 106 Å². The van der Waals surface area contributed by atoms with Gasteiger partial charge in [0, 0.05) is 37.2 Å². The van der Waals surface area contributed by atoms with Gasteiger partial charge in [-0.1, -0.05) is 0 Å². The number of rotatable bonds is 4. The Morgan fingerprint density at radius 3 is 2.78 bits per heavy atom. The van der Waals surface area contributed by atoms with Gasteiger partial charge in [-0.05, 0) is 38.1 Å². The van der Waals surface area contributed by atoms with E-state index in [0.29, 0.717) is 29.4 Å². The predicted molar refractivity (Wildman–Crippen MR) is 100 cm³/mol. The number of hydrogen-bond donors (Lipinski definition) is 2. The summed E-state index contributed by atoms with van der Waals surface area (Å²) in [7, 11) is 1.66. The van der Waals surface area contributed by atoms with Gasteiger partial charge in [0.1, 0.15) is 5.75 Å². The molecule has 27 heavy (non-hydrogen) atoms. The summed E-state index contributed by atoms with van der Waals surface area (Å²) in [5.41, 5.74) is 2.24. The molecule has 1 aliphatic heterocycles. The normalized spacial score (nSPS) is 13.0. The molecular formula is C18H21N5O4. The zero-order valence-electron chi connectivity index (χ0n) is 15.4. The van der Waals surface area contributed by atoms with Gasteiger partial charge in [0.15, 0.2) is 6.61 Å². The van der Waals surface area contributed by atoms with Crippen LogP contribution >= 0.6 is 0 Å². The fraction of sp³-hybridized carbons (Fsp3) is 0.333. The highest BCUT2D eigenvalue weighted by Gasteiger charge is 2.22. The van der Waals surface area contributed by atoms with E-state index in [4.69, 9.17) is 4.74 Å². The molecule has 1 aromatic carbocycles. The zero-order chi connectivity index (χ0) is 19.6. The molecule has 1 aromatic heterocycles. The average molecular weight is 371 g/mol. The minimum Gasteiger partial charge on any atom is -0.482 e. The van der Waals surface area contributed by atoms with Crippen molar-refractivity contribution in [3.63, 3.8) is 0 Å². The van der Waals surface area contributed by atoms with Crippen LogP contribution in [0, 0.1) is 13.8 Å². The molecule has 0 bridgehead atoms. The van der Waals surface area contributed by atoms with Crippen LogP contribution in [0.5, 0.6) is 5.75 Å². The molecule has 2 N–H and O–H groups in total. The van der Waals surface area contributed by atoms with Gasteiger partial charge in [0.05, 0.1) is 5.69 Å². The number of nitrogens with zero attached hydrogens (tertiary/aromatic N) is 3. The molecule has 0 fully saturated rings. The Bertz CT molecular complexity index is 953. The van der Waals surface area contributed by atoms with Crippen molar-refractivity contribution in [1.29, 1.82) is 0 Å². The van der Waals surface area contributed by atoms with E-state index in [1.165, 1.54) is 9.47 Å². The first-order valence-electron chi connectivity index (χ1n) is 8.48. The highest BCUT2D eigenvalue weighted by atomic mass is 16.5. The number of aromatic nitrogens is 2. The van der Waals surface area contributed by atoms with E-state index in [9.17, 15) is 14.4 Å². The van der Waals surface area contributed by atoms with E-state index in [1.807, 2.05) is 13.0 Å². The molecule has 0 spiro atoms. The largest absolute Gasteiger partial charge is 0.482 e. The summed E-state index contributed by atoms with van der Waals surface area (Å²) < 4.78 is 6.86. The van der Waals surface area contributed by atoms with E-state index in [2.05, 4.69) is 15.6 Å². The number of benzene rings is 1. The van der Waals surface area contributed by atoms with Crippen molar-refractivity contribution in [2.75, 3.05) is 30.4 Å². The molecule has 0 saturated carbocycles. The van der Waals surface area contributed by atoms with Crippen LogP contribution < -0.4 is 26.0 Å². The zero-order valence-corrected chi connectivity index (χ0v) is 15.4. The number of carbonyl (C=O) groups excluding carboxylic acids is 2. The van der Waals surface area contributed by atoms with Gasteiger partial charge in [-0.3, -0.25) is 9.36 Å². The number of likely N-dealkylation sites (N-methyl/N-ethyl adjacent to an activating group) is 1. The molecule has 3 rings (SSSR count). The Balaban J connectivity index is 1.59. The summed E-state index contributed by atoms with van der Waals surface area (Å²) in [6, 6.07) is 6.47. The van der Waals surface area contributed by atoms with Crippen molar-refractivity contribution in [2.45, 2.75) is 20.4 Å². The minimum absolute atomic E-state index is 0.00339. The number of ether oxygens (including phenoxy) is 1. The fourth-order valence-electron chi connectivity index (χ4n) is 2.85. The summed E-state index contributed by atoms with van der Waals surface area (Å²) >= 11 is 0. The lowest BCUT2D eigenvalue weighted by molar-refractivity contribution is -0.120. The van der Waals surface area contributed by atoms with E-state index in [-0.39, 0.29) is 24.7 Å². The third-order valence-corrected chi connectivity index (χ3v) is 4.27. The second kappa shape index (κ2) is 7.48. The van der Waals surface area contributed by atoms with Gasteiger partial charge in [0.2, 0.25) is 0 Å². The minimum atomic E-state index is -0.411. The Kier molecular flexibility index (Phi) is 5.11. The van der Waals surface area contributed by atoms with Crippen LogP contribution in [0.4, 0.5) is 16.2 Å². The molecule has 2 aromatic rings. The molecule has 9 nitrogen and oxygen atoms in total. The third-order valence-electron chi connectivity index (χ3n) is 4.27. The lowest BCUT2D eigenvalue weighted by Gasteiger charge is -2.26. The number of fused-ring (bicyclic) bond motifs is 1. The number of amides is 3. The van der Waals surface area contributed by atoms with Gasteiger partial charge >= 0.3 is 11.7 Å². The number of urea groups is 1. The standard InChI is InChI=1S/C18H21N5O4/c1-11-8-12(2)23(18(26)20-11)7-6-19-17(25)21-13-4-5-15-14(9-13)22(3)16(24)10-27-15/h4-5,8-9H,6-7,10H2,1-3H3,(H2,19,21,25). The molecule has 3 amide bonds. The quantitative estimate of drug-likeness (QED) is 0.835. The second-order valence-corrected chi connectivity index (χ2v) is 6.28. The fourth-order valence-corrected chi connectivity index (χ4v) is 2.85. The molecule has 9 heteroatoms. The number of anilines is 2. The average Bonchev–Trinajstić information content (AvgIpc) is 2.61. The second-order valence-electron chi connectivity index (χ2n) is 6.28. The van der Waals surface area contributed by atoms with Gasteiger partial charge in [-0.25, -0.2) is 9.59 Å². The number of nitrogens with one attached hydrogen (secondary N) is 2. The molecule has 0 radical (unpaired) electrons. The van der Waals surface area contributed by atoms with E-state index >= 15 is 0 Å². The van der Waals surface area contributed by atoms with Crippen LogP contribution in [0.2, 0.25) is 0 Å². The third kappa shape index (κ3) is 4.08. The van der Waals surface area contributed by atoms with Gasteiger partial charge in [0.25, 0.3) is 5.91 Å². The number of aryl methyl sites for hydroxylation is 2. The smallest absolute Gasteiger partial charge is 0.348 e. The van der Waals surface area contributed by atoms with E-state index in [0.717, 1.165) is 5.69 Å². The lowest BCUT2D eigenvalue weighted by Crippen LogP contribution is -2.36. The first-order valence-corrected chi connectivity index (χ1v) is 8.48. The summed E-state index contributed by atoms with van der Waals surface area (Å²) in [5.74, 6) is 0.432. The molecule has 142 valence electrons. The molecule has 0 saturated heterocycles. The van der Waals surface area contributed by atoms with Crippen LogP contribution in [0.3, 0.4) is 0 Å². The maximum absolute atomic E-state index is 12.1. The molecule has 0 unspecified atom stereocenters. The van der Waals surface area contributed by atoms with Crippen molar-refractivity contribution in [3.05, 3.63) is 46.1 Å². The van der Waals surface area contributed by atoms with Crippen molar-refractivity contribution in [1.82, 2.24) is 14.9 Å². The molecule has 1 aliphatic rings. The molecular weight excluding hydrogens is 350 g/mol. The highest BCUT2D eigenvalue weighted by Crippen LogP contribution is 2.33. The van der Waals surface area contributed by atoms with Crippen molar-refractivity contribution >= 4 is 23.3 Å². The van der Waals surface area contributed by atoms with Gasteiger partial charge in [-0.15, -0.1) is 0 Å². The van der Waals surface area contributed by atoms with Gasteiger partial charge < -0.3 is 20.3 Å². The first kappa shape index (κ1) is 18.4. The Labute approximate surface area is 156 Å². The van der Waals surface area contributed by atoms with Crippen LogP contribution in [-0.2, 0) is 11.3 Å². The summed E-state index contributed by atoms with van der Waals surface area (Å²) in [6.07, 6.45) is 0. The maximum Gasteiger partial charge on any atom is 0.348 e. The SMILES string of the molecule is Cc1cc(C)n(CCNC(=O)Nc2ccc3c(c2)N(C)C(=O)CO3)c(=O)n1. The molecule has 0 aliphatic carbocycles. The van der Waals surface area contributed by atoms with Crippen molar-refractivity contribution in [3.8, 4) is 5.75 Å². The highest BCUT2D eigenvalue weighted by molar-refractivity contribution is 5.99. The number of hydrogen-bond acceptors (Lipinski definition) is 5. The summed E-state index contributed by atoms with van der Waals surface area (Å²) in [6.45, 7) is 4.18. The first-order chi connectivity index (χ1) is 12.8. The Morgan fingerprint density at radius 1 is 1.26 bits per heavy atom. The maximum atomic E-state index is 12.1. The predicted octanol–water partition coefficient (Wildman–Crippen LogP) is 1.04.